The van der Waals surface area contributed by atoms with Gasteiger partial charge in [0, 0.05) is 16.5 Å². The standard InChI is InChI=1S/C25H29ClN4O2/c1-16-4-9-22(17(2)14-16)18(3)27-25(31)20-10-12-30(13-11-20)15-23-28-24(29-32-23)19-5-7-21(26)8-6-19/h4-9,14,18,20H,10-13,15H2,1-3H3,(H,27,31). The molecule has 0 spiro atoms. The summed E-state index contributed by atoms with van der Waals surface area (Å²) in [5.41, 5.74) is 4.50. The fraction of sp³-hybridized carbons (Fsp3) is 0.400. The van der Waals surface area contributed by atoms with E-state index in [-0.39, 0.29) is 17.9 Å². The highest BCUT2D eigenvalue weighted by Gasteiger charge is 2.27. The van der Waals surface area contributed by atoms with Crippen molar-refractivity contribution in [1.82, 2.24) is 20.4 Å². The number of rotatable bonds is 6. The van der Waals surface area contributed by atoms with E-state index >= 15 is 0 Å². The lowest BCUT2D eigenvalue weighted by Gasteiger charge is -2.31. The molecule has 4 rings (SSSR count). The summed E-state index contributed by atoms with van der Waals surface area (Å²) in [6.45, 7) is 8.48. The van der Waals surface area contributed by atoms with Crippen molar-refractivity contribution in [2.75, 3.05) is 13.1 Å². The van der Waals surface area contributed by atoms with Crippen molar-refractivity contribution in [1.29, 1.82) is 0 Å². The highest BCUT2D eigenvalue weighted by molar-refractivity contribution is 6.30. The molecule has 6 nitrogen and oxygen atoms in total. The van der Waals surface area contributed by atoms with Crippen LogP contribution in [0, 0.1) is 19.8 Å². The van der Waals surface area contributed by atoms with Crippen LogP contribution in [0.2, 0.25) is 5.02 Å². The molecule has 0 radical (unpaired) electrons. The van der Waals surface area contributed by atoms with Gasteiger partial charge in [0.05, 0.1) is 12.6 Å². The first-order valence-corrected chi connectivity index (χ1v) is 11.5. The lowest BCUT2D eigenvalue weighted by atomic mass is 9.94. The Bertz CT molecular complexity index is 1070. The van der Waals surface area contributed by atoms with Crippen molar-refractivity contribution < 1.29 is 9.32 Å². The van der Waals surface area contributed by atoms with E-state index in [1.807, 2.05) is 24.3 Å². The van der Waals surface area contributed by atoms with E-state index in [0.29, 0.717) is 23.3 Å². The van der Waals surface area contributed by atoms with E-state index < -0.39 is 0 Å². The zero-order valence-corrected chi connectivity index (χ0v) is 19.5. The van der Waals surface area contributed by atoms with E-state index in [4.69, 9.17) is 16.1 Å². The van der Waals surface area contributed by atoms with Crippen molar-refractivity contribution >= 4 is 17.5 Å². The summed E-state index contributed by atoms with van der Waals surface area (Å²) in [5.74, 6) is 1.32. The molecule has 0 bridgehead atoms. The second kappa shape index (κ2) is 9.84. The van der Waals surface area contributed by atoms with E-state index in [9.17, 15) is 4.79 Å². The fourth-order valence-electron chi connectivity index (χ4n) is 4.30. The molecule has 1 fully saturated rings. The van der Waals surface area contributed by atoms with Gasteiger partial charge in [-0.15, -0.1) is 0 Å². The topological polar surface area (TPSA) is 71.3 Å². The second-order valence-electron chi connectivity index (χ2n) is 8.66. The molecule has 2 aromatic carbocycles. The molecule has 1 unspecified atom stereocenters. The number of aromatic nitrogens is 2. The number of carbonyl (C=O) groups is 1. The van der Waals surface area contributed by atoms with Crippen LogP contribution in [0.25, 0.3) is 11.4 Å². The fourth-order valence-corrected chi connectivity index (χ4v) is 4.43. The molecule has 1 aliphatic rings. The predicted octanol–water partition coefficient (Wildman–Crippen LogP) is 5.10. The predicted molar refractivity (Wildman–Crippen MR) is 125 cm³/mol. The first kappa shape index (κ1) is 22.5. The first-order chi connectivity index (χ1) is 15.4. The van der Waals surface area contributed by atoms with Gasteiger partial charge in [0.15, 0.2) is 0 Å². The van der Waals surface area contributed by atoms with Gasteiger partial charge in [-0.2, -0.15) is 4.98 Å². The summed E-state index contributed by atoms with van der Waals surface area (Å²) in [6, 6.07) is 13.7. The van der Waals surface area contributed by atoms with Gasteiger partial charge in [-0.05, 0) is 82.1 Å². The molecule has 3 aromatic rings. The van der Waals surface area contributed by atoms with Crippen LogP contribution in [0.1, 0.15) is 48.4 Å². The summed E-state index contributed by atoms with van der Waals surface area (Å²) >= 11 is 5.94. The molecule has 0 aliphatic carbocycles. The average molecular weight is 453 g/mol. The SMILES string of the molecule is Cc1ccc(C(C)NC(=O)C2CCN(Cc3nc(-c4ccc(Cl)cc4)no3)CC2)c(C)c1. The summed E-state index contributed by atoms with van der Waals surface area (Å²) in [4.78, 5) is 19.6. The Morgan fingerprint density at radius 2 is 1.91 bits per heavy atom. The third-order valence-corrected chi connectivity index (χ3v) is 6.39. The smallest absolute Gasteiger partial charge is 0.241 e. The lowest BCUT2D eigenvalue weighted by molar-refractivity contribution is -0.127. The van der Waals surface area contributed by atoms with Gasteiger partial charge in [0.2, 0.25) is 17.6 Å². The lowest BCUT2D eigenvalue weighted by Crippen LogP contribution is -2.41. The maximum Gasteiger partial charge on any atom is 0.241 e. The summed E-state index contributed by atoms with van der Waals surface area (Å²) in [6.07, 6.45) is 1.65. The molecule has 168 valence electrons. The Kier molecular flexibility index (Phi) is 6.92. The van der Waals surface area contributed by atoms with E-state index in [1.165, 1.54) is 16.7 Å². The maximum absolute atomic E-state index is 12.8. The van der Waals surface area contributed by atoms with Gasteiger partial charge in [0.1, 0.15) is 0 Å². The molecule has 0 saturated carbocycles. The number of piperidine rings is 1. The van der Waals surface area contributed by atoms with Crippen molar-refractivity contribution in [3.8, 4) is 11.4 Å². The Morgan fingerprint density at radius 1 is 1.19 bits per heavy atom. The number of carbonyl (C=O) groups excluding carboxylic acids is 1. The first-order valence-electron chi connectivity index (χ1n) is 11.1. The Balaban J connectivity index is 1.27. The van der Waals surface area contributed by atoms with E-state index in [2.05, 4.69) is 59.3 Å². The normalized spacial score (nSPS) is 16.1. The molecule has 7 heteroatoms. The van der Waals surface area contributed by atoms with Crippen LogP contribution in [-0.4, -0.2) is 34.0 Å². The van der Waals surface area contributed by atoms with Gasteiger partial charge < -0.3 is 9.84 Å². The number of hydrogen-bond donors (Lipinski definition) is 1. The maximum atomic E-state index is 12.8. The minimum atomic E-state index is 0.00538. The second-order valence-corrected chi connectivity index (χ2v) is 9.10. The Labute approximate surface area is 194 Å². The molecule has 1 aliphatic heterocycles. The molecule has 2 heterocycles. The highest BCUT2D eigenvalue weighted by atomic mass is 35.5. The Morgan fingerprint density at radius 3 is 2.59 bits per heavy atom. The van der Waals surface area contributed by atoms with Crippen LogP contribution in [0.3, 0.4) is 0 Å². The molecule has 1 aromatic heterocycles. The molecule has 1 atom stereocenters. The van der Waals surface area contributed by atoms with Crippen molar-refractivity contribution in [3.63, 3.8) is 0 Å². The van der Waals surface area contributed by atoms with Crippen molar-refractivity contribution in [2.45, 2.75) is 46.2 Å². The number of likely N-dealkylation sites (tertiary alicyclic amines) is 1. The molecular formula is C25H29ClN4O2. The number of aryl methyl sites for hydroxylation is 2. The number of nitrogens with one attached hydrogen (secondary N) is 1. The summed E-state index contributed by atoms with van der Waals surface area (Å²) in [7, 11) is 0. The molecule has 1 N–H and O–H groups in total. The summed E-state index contributed by atoms with van der Waals surface area (Å²) < 4.78 is 5.43. The van der Waals surface area contributed by atoms with E-state index in [1.54, 1.807) is 0 Å². The minimum Gasteiger partial charge on any atom is -0.349 e. The Hall–Kier alpha value is -2.70. The zero-order chi connectivity index (χ0) is 22.7. The van der Waals surface area contributed by atoms with Crippen LogP contribution < -0.4 is 5.32 Å². The number of benzene rings is 2. The molecule has 1 saturated heterocycles. The quantitative estimate of drug-likeness (QED) is 0.563. The average Bonchev–Trinajstić information content (AvgIpc) is 3.23. The number of halogens is 1. The monoisotopic (exact) mass is 452 g/mol. The molecular weight excluding hydrogens is 424 g/mol. The largest absolute Gasteiger partial charge is 0.349 e. The number of amides is 1. The van der Waals surface area contributed by atoms with Crippen LogP contribution in [0.5, 0.6) is 0 Å². The van der Waals surface area contributed by atoms with Gasteiger partial charge in [0.25, 0.3) is 0 Å². The van der Waals surface area contributed by atoms with E-state index in [0.717, 1.165) is 31.5 Å². The number of hydrogen-bond acceptors (Lipinski definition) is 5. The van der Waals surface area contributed by atoms with Crippen LogP contribution in [0.15, 0.2) is 47.0 Å². The third kappa shape index (κ3) is 5.37. The van der Waals surface area contributed by atoms with Crippen LogP contribution in [-0.2, 0) is 11.3 Å². The highest BCUT2D eigenvalue weighted by Crippen LogP contribution is 2.24. The van der Waals surface area contributed by atoms with Gasteiger partial charge in [-0.3, -0.25) is 9.69 Å². The van der Waals surface area contributed by atoms with Crippen molar-refractivity contribution in [3.05, 3.63) is 70.1 Å². The minimum absolute atomic E-state index is 0.00538. The molecule has 1 amide bonds. The molecule has 32 heavy (non-hydrogen) atoms. The van der Waals surface area contributed by atoms with Gasteiger partial charge in [-0.1, -0.05) is 40.5 Å². The third-order valence-electron chi connectivity index (χ3n) is 6.14. The zero-order valence-electron chi connectivity index (χ0n) is 18.8. The summed E-state index contributed by atoms with van der Waals surface area (Å²) in [5, 5.41) is 7.96. The van der Waals surface area contributed by atoms with Gasteiger partial charge >= 0.3 is 0 Å². The van der Waals surface area contributed by atoms with Crippen LogP contribution >= 0.6 is 11.6 Å². The number of nitrogens with zero attached hydrogens (tertiary/aromatic N) is 3. The van der Waals surface area contributed by atoms with Crippen LogP contribution in [0.4, 0.5) is 0 Å². The van der Waals surface area contributed by atoms with Crippen molar-refractivity contribution in [2.24, 2.45) is 5.92 Å². The van der Waals surface area contributed by atoms with Gasteiger partial charge in [-0.25, -0.2) is 0 Å².